The second-order valence-electron chi connectivity index (χ2n) is 5.05. The third-order valence-electron chi connectivity index (χ3n) is 3.42. The van der Waals surface area contributed by atoms with Gasteiger partial charge in [0.1, 0.15) is 0 Å². The predicted molar refractivity (Wildman–Crippen MR) is 78.8 cm³/mol. The van der Waals surface area contributed by atoms with Gasteiger partial charge in [-0.05, 0) is 43.0 Å². The summed E-state index contributed by atoms with van der Waals surface area (Å²) in [4.78, 5) is 36.1. The first-order valence-corrected chi connectivity index (χ1v) is 6.86. The number of nitrogens with zero attached hydrogens (tertiary/aromatic N) is 1. The molecule has 2 rings (SSSR count). The van der Waals surface area contributed by atoms with Gasteiger partial charge >= 0.3 is 5.97 Å². The van der Waals surface area contributed by atoms with Crippen LogP contribution in [0.1, 0.15) is 36.8 Å². The quantitative estimate of drug-likeness (QED) is 0.684. The minimum atomic E-state index is -1.04. The lowest BCUT2D eigenvalue weighted by Crippen LogP contribution is -2.35. The summed E-state index contributed by atoms with van der Waals surface area (Å²) in [6.07, 6.45) is 4.64. The SMILES string of the molecule is Cc1ccc(C=CC(=O)O)cc1N1C(=O)CCCCC1=O. The molecular weight excluding hydrogens is 270 g/mol. The van der Waals surface area contributed by atoms with Crippen molar-refractivity contribution in [1.82, 2.24) is 0 Å². The Bertz CT molecular complexity index is 601. The number of carbonyl (C=O) groups excluding carboxylic acids is 2. The predicted octanol–water partition coefficient (Wildman–Crippen LogP) is 2.53. The molecule has 1 fully saturated rings. The molecule has 1 heterocycles. The molecule has 1 aliphatic rings. The fraction of sp³-hybridized carbons (Fsp3) is 0.312. The highest BCUT2D eigenvalue weighted by atomic mass is 16.4. The van der Waals surface area contributed by atoms with Crippen molar-refractivity contribution in [3.05, 3.63) is 35.4 Å². The van der Waals surface area contributed by atoms with E-state index in [0.29, 0.717) is 24.1 Å². The molecule has 5 heteroatoms. The molecule has 2 amide bonds. The van der Waals surface area contributed by atoms with E-state index >= 15 is 0 Å². The van der Waals surface area contributed by atoms with Crippen molar-refractivity contribution in [2.24, 2.45) is 0 Å². The normalized spacial score (nSPS) is 16.3. The van der Waals surface area contributed by atoms with E-state index in [2.05, 4.69) is 0 Å². The summed E-state index contributed by atoms with van der Waals surface area (Å²) in [5.74, 6) is -1.43. The van der Waals surface area contributed by atoms with Crippen LogP contribution in [0.15, 0.2) is 24.3 Å². The molecule has 1 aromatic carbocycles. The maximum absolute atomic E-state index is 12.1. The molecule has 0 saturated carbocycles. The van der Waals surface area contributed by atoms with Crippen LogP contribution >= 0.6 is 0 Å². The smallest absolute Gasteiger partial charge is 0.328 e. The van der Waals surface area contributed by atoms with Crippen LogP contribution in [0.25, 0.3) is 6.08 Å². The van der Waals surface area contributed by atoms with E-state index in [1.165, 1.54) is 11.0 Å². The summed E-state index contributed by atoms with van der Waals surface area (Å²) in [7, 11) is 0. The second kappa shape index (κ2) is 6.35. The molecule has 0 spiro atoms. The Kier molecular flexibility index (Phi) is 4.52. The van der Waals surface area contributed by atoms with Crippen molar-refractivity contribution in [3.63, 3.8) is 0 Å². The van der Waals surface area contributed by atoms with Crippen molar-refractivity contribution in [1.29, 1.82) is 0 Å². The number of carbonyl (C=O) groups is 3. The number of aliphatic carboxylic acids is 1. The van der Waals surface area contributed by atoms with Gasteiger partial charge in [0.25, 0.3) is 0 Å². The molecule has 1 N–H and O–H groups in total. The molecule has 1 aliphatic heterocycles. The van der Waals surface area contributed by atoms with Crippen LogP contribution in [0.3, 0.4) is 0 Å². The van der Waals surface area contributed by atoms with Crippen molar-refractivity contribution >= 4 is 29.5 Å². The lowest BCUT2D eigenvalue weighted by Gasteiger charge is -2.21. The zero-order valence-electron chi connectivity index (χ0n) is 11.8. The van der Waals surface area contributed by atoms with E-state index in [1.54, 1.807) is 18.2 Å². The van der Waals surface area contributed by atoms with Crippen LogP contribution in [0.5, 0.6) is 0 Å². The van der Waals surface area contributed by atoms with Crippen LogP contribution in [0.4, 0.5) is 5.69 Å². The van der Waals surface area contributed by atoms with E-state index in [9.17, 15) is 14.4 Å². The van der Waals surface area contributed by atoms with Crippen LogP contribution < -0.4 is 4.90 Å². The number of carboxylic acid groups (broad SMARTS) is 1. The average Bonchev–Trinajstić information content (AvgIpc) is 2.59. The molecule has 0 aliphatic carbocycles. The molecule has 0 bridgehead atoms. The van der Waals surface area contributed by atoms with Gasteiger partial charge in [-0.2, -0.15) is 0 Å². The first-order chi connectivity index (χ1) is 9.99. The summed E-state index contributed by atoms with van der Waals surface area (Å²) in [5, 5.41) is 8.66. The molecule has 0 unspecified atom stereocenters. The van der Waals surface area contributed by atoms with Crippen LogP contribution in [-0.2, 0) is 14.4 Å². The third kappa shape index (κ3) is 3.56. The number of hydrogen-bond donors (Lipinski definition) is 1. The zero-order valence-corrected chi connectivity index (χ0v) is 11.8. The van der Waals surface area contributed by atoms with Gasteiger partial charge in [-0.3, -0.25) is 14.5 Å². The van der Waals surface area contributed by atoms with E-state index in [-0.39, 0.29) is 11.8 Å². The van der Waals surface area contributed by atoms with Gasteiger partial charge in [0, 0.05) is 18.9 Å². The Hall–Kier alpha value is -2.43. The topological polar surface area (TPSA) is 74.7 Å². The summed E-state index contributed by atoms with van der Waals surface area (Å²) >= 11 is 0. The molecule has 1 aromatic rings. The standard InChI is InChI=1S/C16H17NO4/c1-11-6-7-12(8-9-16(20)21)10-13(11)17-14(18)4-2-3-5-15(17)19/h6-10H,2-5H2,1H3,(H,20,21). The van der Waals surface area contributed by atoms with E-state index < -0.39 is 5.97 Å². The Morgan fingerprint density at radius 3 is 2.38 bits per heavy atom. The number of benzene rings is 1. The highest BCUT2D eigenvalue weighted by Crippen LogP contribution is 2.26. The van der Waals surface area contributed by atoms with Gasteiger partial charge in [-0.25, -0.2) is 4.79 Å². The lowest BCUT2D eigenvalue weighted by atomic mass is 10.1. The van der Waals surface area contributed by atoms with E-state index in [1.807, 2.05) is 6.92 Å². The molecule has 0 atom stereocenters. The molecule has 110 valence electrons. The Labute approximate surface area is 122 Å². The molecule has 5 nitrogen and oxygen atoms in total. The van der Waals surface area contributed by atoms with Gasteiger partial charge in [0.05, 0.1) is 5.69 Å². The zero-order chi connectivity index (χ0) is 15.4. The molecular formula is C16H17NO4. The molecule has 1 saturated heterocycles. The second-order valence-corrected chi connectivity index (χ2v) is 5.05. The van der Waals surface area contributed by atoms with Gasteiger partial charge in [-0.1, -0.05) is 12.1 Å². The summed E-state index contributed by atoms with van der Waals surface area (Å²) in [6, 6.07) is 5.21. The van der Waals surface area contributed by atoms with Crippen molar-refractivity contribution in [2.45, 2.75) is 32.6 Å². The van der Waals surface area contributed by atoms with Crippen molar-refractivity contribution in [3.8, 4) is 0 Å². The number of imide groups is 1. The largest absolute Gasteiger partial charge is 0.478 e. The van der Waals surface area contributed by atoms with Crippen LogP contribution in [0, 0.1) is 6.92 Å². The third-order valence-corrected chi connectivity index (χ3v) is 3.42. The summed E-state index contributed by atoms with van der Waals surface area (Å²) in [5.41, 5.74) is 1.99. The number of carboxylic acids is 1. The lowest BCUT2D eigenvalue weighted by molar-refractivity contribution is -0.131. The summed E-state index contributed by atoms with van der Waals surface area (Å²) in [6.45, 7) is 1.82. The number of hydrogen-bond acceptors (Lipinski definition) is 3. The fourth-order valence-corrected chi connectivity index (χ4v) is 2.32. The van der Waals surface area contributed by atoms with E-state index in [0.717, 1.165) is 24.5 Å². The number of amides is 2. The highest BCUT2D eigenvalue weighted by molar-refractivity contribution is 6.15. The van der Waals surface area contributed by atoms with Gasteiger partial charge in [0.2, 0.25) is 11.8 Å². The first kappa shape index (κ1) is 15.0. The monoisotopic (exact) mass is 287 g/mol. The van der Waals surface area contributed by atoms with Gasteiger partial charge in [-0.15, -0.1) is 0 Å². The first-order valence-electron chi connectivity index (χ1n) is 6.86. The van der Waals surface area contributed by atoms with E-state index in [4.69, 9.17) is 5.11 Å². The minimum absolute atomic E-state index is 0.194. The van der Waals surface area contributed by atoms with Crippen LogP contribution in [0.2, 0.25) is 0 Å². The van der Waals surface area contributed by atoms with Gasteiger partial charge < -0.3 is 5.11 Å². The van der Waals surface area contributed by atoms with Crippen molar-refractivity contribution < 1.29 is 19.5 Å². The molecule has 21 heavy (non-hydrogen) atoms. The number of anilines is 1. The average molecular weight is 287 g/mol. The molecule has 0 aromatic heterocycles. The Morgan fingerprint density at radius 1 is 1.19 bits per heavy atom. The molecule has 0 radical (unpaired) electrons. The summed E-state index contributed by atoms with van der Waals surface area (Å²) < 4.78 is 0. The highest BCUT2D eigenvalue weighted by Gasteiger charge is 2.26. The maximum Gasteiger partial charge on any atom is 0.328 e. The Balaban J connectivity index is 2.41. The van der Waals surface area contributed by atoms with Gasteiger partial charge in [0.15, 0.2) is 0 Å². The number of rotatable bonds is 3. The minimum Gasteiger partial charge on any atom is -0.478 e. The Morgan fingerprint density at radius 2 is 1.81 bits per heavy atom. The number of aryl methyl sites for hydroxylation is 1. The fourth-order valence-electron chi connectivity index (χ4n) is 2.32. The van der Waals surface area contributed by atoms with Crippen LogP contribution in [-0.4, -0.2) is 22.9 Å². The maximum atomic E-state index is 12.1. The van der Waals surface area contributed by atoms with Crippen molar-refractivity contribution in [2.75, 3.05) is 4.90 Å².